The van der Waals surface area contributed by atoms with Crippen LogP contribution in [0.3, 0.4) is 0 Å². The van der Waals surface area contributed by atoms with Gasteiger partial charge < -0.3 is 16.0 Å². The fourth-order valence-electron chi connectivity index (χ4n) is 2.82. The van der Waals surface area contributed by atoms with Crippen molar-refractivity contribution >= 4 is 18.3 Å². The highest BCUT2D eigenvalue weighted by Gasteiger charge is 2.27. The molecule has 4 nitrogen and oxygen atoms in total. The van der Waals surface area contributed by atoms with Gasteiger partial charge in [0.25, 0.3) is 0 Å². The number of nitrogens with zero attached hydrogens (tertiary/aromatic N) is 1. The predicted molar refractivity (Wildman–Crippen MR) is 87.2 cm³/mol. The van der Waals surface area contributed by atoms with Gasteiger partial charge in [-0.2, -0.15) is 0 Å². The van der Waals surface area contributed by atoms with Gasteiger partial charge in [0.2, 0.25) is 5.91 Å². The van der Waals surface area contributed by atoms with E-state index in [1.165, 1.54) is 25.9 Å². The molecule has 1 aliphatic heterocycles. The molecule has 1 heterocycles. The molecule has 3 N–H and O–H groups in total. The molecule has 1 aliphatic rings. The molecule has 1 fully saturated rings. The Morgan fingerprint density at radius 2 is 1.95 bits per heavy atom. The zero-order valence-corrected chi connectivity index (χ0v) is 14.1. The van der Waals surface area contributed by atoms with Crippen molar-refractivity contribution in [1.29, 1.82) is 0 Å². The lowest BCUT2D eigenvalue weighted by Crippen LogP contribution is -2.51. The summed E-state index contributed by atoms with van der Waals surface area (Å²) in [7, 11) is 0. The van der Waals surface area contributed by atoms with Gasteiger partial charge in [-0.25, -0.2) is 0 Å². The Morgan fingerprint density at radius 3 is 2.45 bits per heavy atom. The first-order valence-electron chi connectivity index (χ1n) is 7.79. The zero-order valence-electron chi connectivity index (χ0n) is 13.3. The molecule has 0 saturated carbocycles. The molecule has 0 bridgehead atoms. The van der Waals surface area contributed by atoms with Gasteiger partial charge in [0.1, 0.15) is 0 Å². The van der Waals surface area contributed by atoms with Crippen molar-refractivity contribution < 1.29 is 4.79 Å². The molecule has 1 rings (SSSR count). The monoisotopic (exact) mass is 305 g/mol. The van der Waals surface area contributed by atoms with Crippen molar-refractivity contribution in [2.24, 2.45) is 11.7 Å². The molecule has 0 aromatic heterocycles. The van der Waals surface area contributed by atoms with Crippen LogP contribution >= 0.6 is 12.4 Å². The van der Waals surface area contributed by atoms with Crippen LogP contribution in [0.1, 0.15) is 52.9 Å². The van der Waals surface area contributed by atoms with Gasteiger partial charge in [-0.05, 0) is 58.2 Å². The largest absolute Gasteiger partial charge is 0.355 e. The number of carbonyl (C=O) groups is 1. The zero-order chi connectivity index (χ0) is 14.3. The standard InChI is InChI=1S/C15H31N3O.ClH/c1-4-9-15(3,16)14(19)17-10-6-13-7-11-18(5-2)12-8-13;/h13H,4-12,16H2,1-3H3,(H,17,19);1H. The van der Waals surface area contributed by atoms with Crippen LogP contribution in [0.4, 0.5) is 0 Å². The van der Waals surface area contributed by atoms with Crippen molar-refractivity contribution in [2.45, 2.75) is 58.4 Å². The molecule has 1 amide bonds. The van der Waals surface area contributed by atoms with Gasteiger partial charge in [-0.1, -0.05) is 20.3 Å². The number of likely N-dealkylation sites (tertiary alicyclic amines) is 1. The normalized spacial score (nSPS) is 20.0. The molecule has 0 aromatic rings. The third-order valence-corrected chi connectivity index (χ3v) is 4.28. The number of carbonyl (C=O) groups excluding carboxylic acids is 1. The summed E-state index contributed by atoms with van der Waals surface area (Å²) in [4.78, 5) is 14.4. The Balaban J connectivity index is 0.00000361. The van der Waals surface area contributed by atoms with Crippen molar-refractivity contribution in [3.63, 3.8) is 0 Å². The minimum Gasteiger partial charge on any atom is -0.355 e. The van der Waals surface area contributed by atoms with E-state index in [4.69, 9.17) is 5.73 Å². The van der Waals surface area contributed by atoms with E-state index in [0.717, 1.165) is 38.3 Å². The van der Waals surface area contributed by atoms with E-state index in [9.17, 15) is 4.79 Å². The van der Waals surface area contributed by atoms with Gasteiger partial charge in [0.05, 0.1) is 5.54 Å². The average Bonchev–Trinajstić information content (AvgIpc) is 2.39. The van der Waals surface area contributed by atoms with E-state index in [2.05, 4.69) is 24.1 Å². The Labute approximate surface area is 130 Å². The molecule has 20 heavy (non-hydrogen) atoms. The van der Waals surface area contributed by atoms with E-state index in [1.807, 2.05) is 6.92 Å². The second-order valence-electron chi connectivity index (χ2n) is 6.09. The molecule has 1 saturated heterocycles. The van der Waals surface area contributed by atoms with Gasteiger partial charge in [-0.3, -0.25) is 4.79 Å². The molecular formula is C15H32ClN3O. The Bertz CT molecular complexity index is 276. The lowest BCUT2D eigenvalue weighted by atomic mass is 9.93. The number of amides is 1. The summed E-state index contributed by atoms with van der Waals surface area (Å²) in [6, 6.07) is 0. The number of hydrogen-bond acceptors (Lipinski definition) is 3. The lowest BCUT2D eigenvalue weighted by Gasteiger charge is -2.31. The molecular weight excluding hydrogens is 274 g/mol. The Kier molecular flexibility index (Phi) is 9.43. The summed E-state index contributed by atoms with van der Waals surface area (Å²) in [6.07, 6.45) is 5.30. The predicted octanol–water partition coefficient (Wildman–Crippen LogP) is 2.16. The summed E-state index contributed by atoms with van der Waals surface area (Å²) in [5, 5.41) is 3.00. The fourth-order valence-corrected chi connectivity index (χ4v) is 2.82. The number of hydrogen-bond donors (Lipinski definition) is 2. The third-order valence-electron chi connectivity index (χ3n) is 4.28. The van der Waals surface area contributed by atoms with Crippen LogP contribution in [0.15, 0.2) is 0 Å². The maximum Gasteiger partial charge on any atom is 0.239 e. The van der Waals surface area contributed by atoms with Crippen LogP contribution in [0.5, 0.6) is 0 Å². The summed E-state index contributed by atoms with van der Waals surface area (Å²) in [5.74, 6) is 0.763. The van der Waals surface area contributed by atoms with Crippen LogP contribution in [-0.2, 0) is 4.79 Å². The fraction of sp³-hybridized carbons (Fsp3) is 0.933. The van der Waals surface area contributed by atoms with Gasteiger partial charge in [0.15, 0.2) is 0 Å². The van der Waals surface area contributed by atoms with Crippen molar-refractivity contribution in [1.82, 2.24) is 10.2 Å². The maximum atomic E-state index is 12.0. The quantitative estimate of drug-likeness (QED) is 0.758. The number of piperidine rings is 1. The van der Waals surface area contributed by atoms with E-state index in [-0.39, 0.29) is 18.3 Å². The molecule has 5 heteroatoms. The average molecular weight is 306 g/mol. The summed E-state index contributed by atoms with van der Waals surface area (Å²) in [6.45, 7) is 10.4. The number of halogens is 1. The lowest BCUT2D eigenvalue weighted by molar-refractivity contribution is -0.126. The van der Waals surface area contributed by atoms with E-state index in [1.54, 1.807) is 0 Å². The number of rotatable bonds is 7. The van der Waals surface area contributed by atoms with Gasteiger partial charge in [-0.15, -0.1) is 12.4 Å². The smallest absolute Gasteiger partial charge is 0.239 e. The number of nitrogens with one attached hydrogen (secondary N) is 1. The minimum atomic E-state index is -0.708. The molecule has 1 unspecified atom stereocenters. The molecule has 0 spiro atoms. The van der Waals surface area contributed by atoms with Crippen LogP contribution < -0.4 is 11.1 Å². The first kappa shape index (κ1) is 19.7. The second-order valence-corrected chi connectivity index (χ2v) is 6.09. The molecule has 0 radical (unpaired) electrons. The summed E-state index contributed by atoms with van der Waals surface area (Å²) < 4.78 is 0. The minimum absolute atomic E-state index is 0. The van der Waals surface area contributed by atoms with Crippen LogP contribution in [-0.4, -0.2) is 42.5 Å². The number of nitrogens with two attached hydrogens (primary N) is 1. The van der Waals surface area contributed by atoms with Crippen LogP contribution in [0, 0.1) is 5.92 Å². The highest BCUT2D eigenvalue weighted by molar-refractivity contribution is 5.85. The second kappa shape index (κ2) is 9.59. The van der Waals surface area contributed by atoms with Crippen molar-refractivity contribution in [3.8, 4) is 0 Å². The Hall–Kier alpha value is -0.320. The van der Waals surface area contributed by atoms with Crippen molar-refractivity contribution in [3.05, 3.63) is 0 Å². The van der Waals surface area contributed by atoms with E-state index >= 15 is 0 Å². The first-order chi connectivity index (χ1) is 8.99. The molecule has 120 valence electrons. The SMILES string of the molecule is CCCC(C)(N)C(=O)NCCC1CCN(CC)CC1.Cl. The van der Waals surface area contributed by atoms with Gasteiger partial charge in [0, 0.05) is 6.54 Å². The maximum absolute atomic E-state index is 12.0. The van der Waals surface area contributed by atoms with E-state index in [0.29, 0.717) is 0 Å². The Morgan fingerprint density at radius 1 is 1.35 bits per heavy atom. The van der Waals surface area contributed by atoms with Crippen molar-refractivity contribution in [2.75, 3.05) is 26.2 Å². The van der Waals surface area contributed by atoms with E-state index < -0.39 is 5.54 Å². The summed E-state index contributed by atoms with van der Waals surface area (Å²) in [5.41, 5.74) is 5.30. The van der Waals surface area contributed by atoms with Crippen LogP contribution in [0.25, 0.3) is 0 Å². The molecule has 1 atom stereocenters. The topological polar surface area (TPSA) is 58.4 Å². The highest BCUT2D eigenvalue weighted by atomic mass is 35.5. The van der Waals surface area contributed by atoms with Crippen LogP contribution in [0.2, 0.25) is 0 Å². The summed E-state index contributed by atoms with van der Waals surface area (Å²) >= 11 is 0. The molecule has 0 aliphatic carbocycles. The third kappa shape index (κ3) is 6.42. The first-order valence-corrected chi connectivity index (χ1v) is 7.79. The highest BCUT2D eigenvalue weighted by Crippen LogP contribution is 2.19. The molecule has 0 aromatic carbocycles. The van der Waals surface area contributed by atoms with Gasteiger partial charge >= 0.3 is 0 Å².